The average Bonchev–Trinajstić information content (AvgIpc) is 2.83. The minimum Gasteiger partial charge on any atom is -0.354 e. The molecule has 0 saturated heterocycles. The number of hydrogen-bond acceptors (Lipinski definition) is 4. The molecule has 0 aliphatic heterocycles. The van der Waals surface area contributed by atoms with Crippen molar-refractivity contribution in [3.05, 3.63) is 18.5 Å². The molecule has 92 valence electrons. The van der Waals surface area contributed by atoms with Crippen LogP contribution in [0.25, 0.3) is 0 Å². The minimum atomic E-state index is 0.0988. The van der Waals surface area contributed by atoms with Crippen LogP contribution in [-0.4, -0.2) is 32.7 Å². The maximum atomic E-state index is 11.6. The highest BCUT2D eigenvalue weighted by Gasteiger charge is 2.12. The van der Waals surface area contributed by atoms with E-state index in [0.717, 1.165) is 12.8 Å². The van der Waals surface area contributed by atoms with Crippen LogP contribution in [0.1, 0.15) is 25.7 Å². The van der Waals surface area contributed by atoms with E-state index in [1.807, 2.05) is 0 Å². The highest BCUT2D eigenvalue weighted by molar-refractivity contribution is 5.76. The molecule has 1 aliphatic rings. The molecule has 0 fully saturated rings. The van der Waals surface area contributed by atoms with Gasteiger partial charge in [-0.3, -0.25) is 4.79 Å². The normalized spacial score (nSPS) is 19.2. The van der Waals surface area contributed by atoms with Gasteiger partial charge in [0.1, 0.15) is 0 Å². The third kappa shape index (κ3) is 3.97. The molecule has 0 spiro atoms. The molecule has 1 unspecified atom stereocenters. The molecular weight excluding hydrogens is 218 g/mol. The van der Waals surface area contributed by atoms with Gasteiger partial charge in [-0.2, -0.15) is 4.80 Å². The first-order chi connectivity index (χ1) is 8.34. The second kappa shape index (κ2) is 6.12. The van der Waals surface area contributed by atoms with E-state index in [9.17, 15) is 4.79 Å². The largest absolute Gasteiger partial charge is 0.354 e. The Balaban J connectivity index is 1.63. The fourth-order valence-electron chi connectivity index (χ4n) is 1.95. The summed E-state index contributed by atoms with van der Waals surface area (Å²) in [5.74, 6) is 0.509. The minimum absolute atomic E-state index is 0.0988. The van der Waals surface area contributed by atoms with Crippen LogP contribution in [0.3, 0.4) is 0 Å². The van der Waals surface area contributed by atoms with Crippen molar-refractivity contribution in [2.75, 3.05) is 6.54 Å². The fourth-order valence-corrected chi connectivity index (χ4v) is 1.95. The first-order valence-electron chi connectivity index (χ1n) is 5.99. The summed E-state index contributed by atoms with van der Waals surface area (Å²) in [5, 5.41) is 14.0. The van der Waals surface area contributed by atoms with Crippen molar-refractivity contribution in [3.8, 4) is 0 Å². The van der Waals surface area contributed by atoms with Gasteiger partial charge in [0.2, 0.25) is 5.91 Å². The summed E-state index contributed by atoms with van der Waals surface area (Å²) >= 11 is 0. The maximum Gasteiger partial charge on any atom is 0.220 e. The molecule has 0 aromatic carbocycles. The molecule has 1 heterocycles. The first-order valence-corrected chi connectivity index (χ1v) is 5.99. The highest BCUT2D eigenvalue weighted by atomic mass is 16.1. The zero-order valence-electron chi connectivity index (χ0n) is 9.75. The monoisotopic (exact) mass is 235 g/mol. The summed E-state index contributed by atoms with van der Waals surface area (Å²) in [4.78, 5) is 13.1. The molecule has 2 rings (SSSR count). The fraction of sp³-hybridized carbons (Fsp3) is 0.636. The predicted octanol–water partition coefficient (Wildman–Crippen LogP) is 0.536. The topological polar surface area (TPSA) is 72.7 Å². The van der Waals surface area contributed by atoms with E-state index in [-0.39, 0.29) is 5.91 Å². The zero-order valence-corrected chi connectivity index (χ0v) is 9.75. The van der Waals surface area contributed by atoms with Gasteiger partial charge in [-0.05, 0) is 30.4 Å². The standard InChI is InChI=1S/C11H17N5O/c17-11(8-10-4-2-1-3-5-10)12-6-7-16-14-9-13-15-16/h2,4,9-10H,1,3,5-8H2,(H,12,17). The van der Waals surface area contributed by atoms with E-state index in [4.69, 9.17) is 0 Å². The van der Waals surface area contributed by atoms with Crippen molar-refractivity contribution in [3.63, 3.8) is 0 Å². The Kier molecular flexibility index (Phi) is 4.23. The number of amides is 1. The van der Waals surface area contributed by atoms with Crippen LogP contribution in [0.4, 0.5) is 0 Å². The Morgan fingerprint density at radius 3 is 3.18 bits per heavy atom. The van der Waals surface area contributed by atoms with Gasteiger partial charge in [0.15, 0.2) is 6.33 Å². The molecule has 1 aromatic rings. The summed E-state index contributed by atoms with van der Waals surface area (Å²) in [6, 6.07) is 0. The van der Waals surface area contributed by atoms with Gasteiger partial charge >= 0.3 is 0 Å². The average molecular weight is 235 g/mol. The smallest absolute Gasteiger partial charge is 0.220 e. The molecule has 17 heavy (non-hydrogen) atoms. The Hall–Kier alpha value is -1.72. The molecule has 1 aromatic heterocycles. The zero-order chi connectivity index (χ0) is 11.9. The van der Waals surface area contributed by atoms with E-state index < -0.39 is 0 Å². The number of nitrogens with one attached hydrogen (secondary N) is 1. The van der Waals surface area contributed by atoms with Crippen molar-refractivity contribution < 1.29 is 4.79 Å². The van der Waals surface area contributed by atoms with Gasteiger partial charge in [-0.25, -0.2) is 0 Å². The Morgan fingerprint density at radius 2 is 2.47 bits per heavy atom. The van der Waals surface area contributed by atoms with Crippen LogP contribution in [0, 0.1) is 5.92 Å². The van der Waals surface area contributed by atoms with Crippen LogP contribution in [0.5, 0.6) is 0 Å². The van der Waals surface area contributed by atoms with E-state index in [1.165, 1.54) is 17.5 Å². The van der Waals surface area contributed by atoms with Gasteiger partial charge < -0.3 is 5.32 Å². The van der Waals surface area contributed by atoms with E-state index in [0.29, 0.717) is 25.4 Å². The van der Waals surface area contributed by atoms with Crippen LogP contribution in [-0.2, 0) is 11.3 Å². The predicted molar refractivity (Wildman–Crippen MR) is 61.9 cm³/mol. The van der Waals surface area contributed by atoms with Gasteiger partial charge in [-0.15, -0.1) is 10.2 Å². The highest BCUT2D eigenvalue weighted by Crippen LogP contribution is 2.19. The van der Waals surface area contributed by atoms with Crippen molar-refractivity contribution >= 4 is 5.91 Å². The second-order valence-electron chi connectivity index (χ2n) is 4.20. The molecule has 0 bridgehead atoms. The SMILES string of the molecule is O=C(CC1C=CCCC1)NCCn1ncnn1. The number of nitrogens with zero attached hydrogens (tertiary/aromatic N) is 4. The number of tetrazole rings is 1. The third-order valence-electron chi connectivity index (χ3n) is 2.83. The van der Waals surface area contributed by atoms with Gasteiger partial charge in [0, 0.05) is 13.0 Å². The number of carbonyl (C=O) groups excluding carboxylic acids is 1. The molecule has 6 heteroatoms. The molecule has 0 radical (unpaired) electrons. The number of allylic oxidation sites excluding steroid dienone is 2. The van der Waals surface area contributed by atoms with Crippen LogP contribution < -0.4 is 5.32 Å². The molecule has 1 N–H and O–H groups in total. The van der Waals surface area contributed by atoms with Crippen molar-refractivity contribution in [1.82, 2.24) is 25.5 Å². The van der Waals surface area contributed by atoms with Gasteiger partial charge in [-0.1, -0.05) is 12.2 Å². The number of carbonyl (C=O) groups is 1. The van der Waals surface area contributed by atoms with Crippen LogP contribution >= 0.6 is 0 Å². The Labute approximate surface area is 100 Å². The number of hydrogen-bond donors (Lipinski definition) is 1. The maximum absolute atomic E-state index is 11.6. The van der Waals surface area contributed by atoms with Gasteiger partial charge in [0.05, 0.1) is 6.54 Å². The Bertz CT molecular complexity index is 373. The van der Waals surface area contributed by atoms with Crippen molar-refractivity contribution in [2.45, 2.75) is 32.2 Å². The number of aromatic nitrogens is 4. The van der Waals surface area contributed by atoms with Crippen molar-refractivity contribution in [1.29, 1.82) is 0 Å². The van der Waals surface area contributed by atoms with Crippen molar-refractivity contribution in [2.24, 2.45) is 5.92 Å². The van der Waals surface area contributed by atoms with E-state index >= 15 is 0 Å². The molecule has 1 amide bonds. The lowest BCUT2D eigenvalue weighted by Gasteiger charge is -2.15. The summed E-state index contributed by atoms with van der Waals surface area (Å²) < 4.78 is 0. The lowest BCUT2D eigenvalue weighted by Crippen LogP contribution is -2.29. The molecule has 1 atom stereocenters. The molecular formula is C11H17N5O. The Morgan fingerprint density at radius 1 is 1.53 bits per heavy atom. The van der Waals surface area contributed by atoms with Crippen LogP contribution in [0.2, 0.25) is 0 Å². The van der Waals surface area contributed by atoms with Gasteiger partial charge in [0.25, 0.3) is 0 Å². The van der Waals surface area contributed by atoms with E-state index in [1.54, 1.807) is 0 Å². The summed E-state index contributed by atoms with van der Waals surface area (Å²) in [7, 11) is 0. The lowest BCUT2D eigenvalue weighted by molar-refractivity contribution is -0.121. The summed E-state index contributed by atoms with van der Waals surface area (Å²) in [6.45, 7) is 1.11. The third-order valence-corrected chi connectivity index (χ3v) is 2.83. The molecule has 0 saturated carbocycles. The first kappa shape index (κ1) is 11.8. The second-order valence-corrected chi connectivity index (χ2v) is 4.20. The van der Waals surface area contributed by atoms with Crippen LogP contribution in [0.15, 0.2) is 18.5 Å². The molecule has 1 aliphatic carbocycles. The molecule has 6 nitrogen and oxygen atoms in total. The lowest BCUT2D eigenvalue weighted by atomic mass is 9.93. The summed E-state index contributed by atoms with van der Waals surface area (Å²) in [6.07, 6.45) is 9.75. The summed E-state index contributed by atoms with van der Waals surface area (Å²) in [5.41, 5.74) is 0. The number of rotatable bonds is 5. The van der Waals surface area contributed by atoms with E-state index in [2.05, 4.69) is 32.9 Å². The quantitative estimate of drug-likeness (QED) is 0.756.